The Labute approximate surface area is 158 Å². The van der Waals surface area contributed by atoms with E-state index in [2.05, 4.69) is 14.8 Å². The first-order valence-corrected chi connectivity index (χ1v) is 9.32. The van der Waals surface area contributed by atoms with Crippen LogP contribution in [0, 0.1) is 0 Å². The number of sulfonamides is 1. The molecule has 0 aromatic heterocycles. The van der Waals surface area contributed by atoms with Crippen LogP contribution in [-0.2, 0) is 20.9 Å². The van der Waals surface area contributed by atoms with Gasteiger partial charge in [0, 0.05) is 11.4 Å². The maximum Gasteiger partial charge on any atom is 0.417 e. The largest absolute Gasteiger partial charge is 0.450 e. The second kappa shape index (κ2) is 8.05. The standard InChI is InChI=1S/C16H14ClF3N2O4S/c1-2-26-15(23)21-10-3-6-12(7-4-10)27(24,25)22-11-5-8-14(17)13(9-11)16(18,19)20/h3-9,22H,2H2,1H3,(H,21,23). The van der Waals surface area contributed by atoms with Gasteiger partial charge in [-0.1, -0.05) is 11.6 Å². The van der Waals surface area contributed by atoms with E-state index in [1.54, 1.807) is 6.92 Å². The summed E-state index contributed by atoms with van der Waals surface area (Å²) in [6, 6.07) is 7.68. The zero-order valence-corrected chi connectivity index (χ0v) is 15.4. The van der Waals surface area contributed by atoms with Crippen molar-refractivity contribution < 1.29 is 31.1 Å². The summed E-state index contributed by atoms with van der Waals surface area (Å²) in [4.78, 5) is 11.1. The van der Waals surface area contributed by atoms with Crippen LogP contribution in [0.3, 0.4) is 0 Å². The van der Waals surface area contributed by atoms with Crippen molar-refractivity contribution in [2.75, 3.05) is 16.6 Å². The number of anilines is 2. The third kappa shape index (κ3) is 5.51. The van der Waals surface area contributed by atoms with Gasteiger partial charge in [-0.15, -0.1) is 0 Å². The highest BCUT2D eigenvalue weighted by Crippen LogP contribution is 2.36. The summed E-state index contributed by atoms with van der Waals surface area (Å²) in [5, 5.41) is 1.84. The molecular weight excluding hydrogens is 409 g/mol. The molecule has 0 fully saturated rings. The lowest BCUT2D eigenvalue weighted by Gasteiger charge is -2.13. The van der Waals surface area contributed by atoms with Crippen LogP contribution in [0.1, 0.15) is 12.5 Å². The highest BCUT2D eigenvalue weighted by atomic mass is 35.5. The Kier molecular flexibility index (Phi) is 6.22. The van der Waals surface area contributed by atoms with Crippen molar-refractivity contribution in [1.29, 1.82) is 0 Å². The van der Waals surface area contributed by atoms with E-state index in [0.717, 1.165) is 12.1 Å². The number of alkyl halides is 3. The van der Waals surface area contributed by atoms with Gasteiger partial charge in [-0.2, -0.15) is 13.2 Å². The molecule has 2 aromatic carbocycles. The molecule has 2 rings (SSSR count). The zero-order chi connectivity index (χ0) is 20.2. The number of hydrogen-bond acceptors (Lipinski definition) is 4. The van der Waals surface area contributed by atoms with Crippen molar-refractivity contribution in [3.63, 3.8) is 0 Å². The summed E-state index contributed by atoms with van der Waals surface area (Å²) in [5.41, 5.74) is -1.16. The number of rotatable bonds is 5. The number of ether oxygens (including phenoxy) is 1. The molecule has 0 saturated carbocycles. The first-order valence-electron chi connectivity index (χ1n) is 7.46. The van der Waals surface area contributed by atoms with Crippen LogP contribution in [0.25, 0.3) is 0 Å². The summed E-state index contributed by atoms with van der Waals surface area (Å²) in [7, 11) is -4.15. The predicted molar refractivity (Wildman–Crippen MR) is 94.3 cm³/mol. The first-order chi connectivity index (χ1) is 12.5. The maximum atomic E-state index is 12.9. The molecule has 146 valence electrons. The van der Waals surface area contributed by atoms with E-state index < -0.39 is 32.9 Å². The van der Waals surface area contributed by atoms with Gasteiger partial charge in [0.1, 0.15) is 0 Å². The molecule has 2 aromatic rings. The average Bonchev–Trinajstić information content (AvgIpc) is 2.56. The molecule has 0 saturated heterocycles. The monoisotopic (exact) mass is 422 g/mol. The molecule has 27 heavy (non-hydrogen) atoms. The fourth-order valence-electron chi connectivity index (χ4n) is 2.02. The number of halogens is 4. The smallest absolute Gasteiger partial charge is 0.417 e. The van der Waals surface area contributed by atoms with Crippen molar-refractivity contribution in [3.05, 3.63) is 53.1 Å². The van der Waals surface area contributed by atoms with Crippen molar-refractivity contribution >= 4 is 39.1 Å². The molecule has 0 spiro atoms. The second-order valence-corrected chi connectivity index (χ2v) is 7.26. The van der Waals surface area contributed by atoms with Gasteiger partial charge in [0.15, 0.2) is 0 Å². The fourth-order valence-corrected chi connectivity index (χ4v) is 3.30. The molecule has 11 heteroatoms. The molecule has 0 heterocycles. The molecule has 0 aliphatic carbocycles. The predicted octanol–water partition coefficient (Wildman–Crippen LogP) is 4.73. The molecule has 0 aliphatic rings. The van der Waals surface area contributed by atoms with Crippen LogP contribution in [0.4, 0.5) is 29.3 Å². The Bertz CT molecular complexity index is 932. The molecule has 0 bridgehead atoms. The SMILES string of the molecule is CCOC(=O)Nc1ccc(S(=O)(=O)Nc2ccc(Cl)c(C(F)(F)F)c2)cc1. The van der Waals surface area contributed by atoms with Crippen molar-refractivity contribution in [2.24, 2.45) is 0 Å². The van der Waals surface area contributed by atoms with Crippen LogP contribution < -0.4 is 10.0 Å². The van der Waals surface area contributed by atoms with Crippen LogP contribution in [0.2, 0.25) is 5.02 Å². The third-order valence-corrected chi connectivity index (χ3v) is 4.94. The molecular formula is C16H14ClF3N2O4S. The van der Waals surface area contributed by atoms with E-state index in [9.17, 15) is 26.4 Å². The number of amides is 1. The van der Waals surface area contributed by atoms with E-state index in [4.69, 9.17) is 11.6 Å². The van der Waals surface area contributed by atoms with Gasteiger partial charge in [-0.3, -0.25) is 10.0 Å². The van der Waals surface area contributed by atoms with E-state index in [-0.39, 0.29) is 17.2 Å². The highest BCUT2D eigenvalue weighted by Gasteiger charge is 2.33. The molecule has 2 N–H and O–H groups in total. The number of carbonyl (C=O) groups excluding carboxylic acids is 1. The summed E-state index contributed by atoms with van der Waals surface area (Å²) >= 11 is 5.51. The number of hydrogen-bond donors (Lipinski definition) is 2. The quantitative estimate of drug-likeness (QED) is 0.729. The van der Waals surface area contributed by atoms with Gasteiger partial charge >= 0.3 is 12.3 Å². The highest BCUT2D eigenvalue weighted by molar-refractivity contribution is 7.92. The lowest BCUT2D eigenvalue weighted by Crippen LogP contribution is -2.15. The normalized spacial score (nSPS) is 11.7. The van der Waals surface area contributed by atoms with Gasteiger partial charge in [0.2, 0.25) is 0 Å². The van der Waals surface area contributed by atoms with Crippen LogP contribution >= 0.6 is 11.6 Å². The number of benzene rings is 2. The van der Waals surface area contributed by atoms with E-state index in [1.165, 1.54) is 24.3 Å². The molecule has 0 atom stereocenters. The molecule has 0 aliphatic heterocycles. The Morgan fingerprint density at radius 2 is 1.70 bits per heavy atom. The Morgan fingerprint density at radius 1 is 1.11 bits per heavy atom. The number of carbonyl (C=O) groups is 1. The Hall–Kier alpha value is -2.46. The third-order valence-electron chi connectivity index (χ3n) is 3.21. The minimum atomic E-state index is -4.72. The Morgan fingerprint density at radius 3 is 2.26 bits per heavy atom. The minimum absolute atomic E-state index is 0.170. The zero-order valence-electron chi connectivity index (χ0n) is 13.8. The Balaban J connectivity index is 2.21. The molecule has 6 nitrogen and oxygen atoms in total. The minimum Gasteiger partial charge on any atom is -0.450 e. The summed E-state index contributed by atoms with van der Waals surface area (Å²) in [5.74, 6) is 0. The topological polar surface area (TPSA) is 84.5 Å². The summed E-state index contributed by atoms with van der Waals surface area (Å²) < 4.78 is 70.1. The first kappa shape index (κ1) is 20.8. The van der Waals surface area contributed by atoms with Crippen LogP contribution in [0.15, 0.2) is 47.4 Å². The van der Waals surface area contributed by atoms with Gasteiger partial charge in [0.05, 0.1) is 22.1 Å². The molecule has 1 amide bonds. The van der Waals surface area contributed by atoms with Crippen molar-refractivity contribution in [1.82, 2.24) is 0 Å². The van der Waals surface area contributed by atoms with Gasteiger partial charge in [0.25, 0.3) is 10.0 Å². The van der Waals surface area contributed by atoms with Crippen molar-refractivity contribution in [3.8, 4) is 0 Å². The van der Waals surface area contributed by atoms with E-state index in [1.807, 2.05) is 0 Å². The lowest BCUT2D eigenvalue weighted by molar-refractivity contribution is -0.137. The van der Waals surface area contributed by atoms with Gasteiger partial charge in [-0.25, -0.2) is 13.2 Å². The summed E-state index contributed by atoms with van der Waals surface area (Å²) in [6.45, 7) is 1.80. The number of nitrogens with one attached hydrogen (secondary N) is 2. The van der Waals surface area contributed by atoms with Crippen LogP contribution in [-0.4, -0.2) is 21.1 Å². The van der Waals surface area contributed by atoms with Gasteiger partial charge in [-0.05, 0) is 49.4 Å². The lowest BCUT2D eigenvalue weighted by atomic mass is 10.2. The van der Waals surface area contributed by atoms with E-state index >= 15 is 0 Å². The van der Waals surface area contributed by atoms with E-state index in [0.29, 0.717) is 11.8 Å². The summed E-state index contributed by atoms with van der Waals surface area (Å²) in [6.07, 6.45) is -5.43. The fraction of sp³-hybridized carbons (Fsp3) is 0.188. The van der Waals surface area contributed by atoms with Crippen LogP contribution in [0.5, 0.6) is 0 Å². The van der Waals surface area contributed by atoms with Crippen molar-refractivity contribution in [2.45, 2.75) is 18.0 Å². The average molecular weight is 423 g/mol. The second-order valence-electron chi connectivity index (χ2n) is 5.17. The molecule has 0 radical (unpaired) electrons. The maximum absolute atomic E-state index is 12.9. The molecule has 0 unspecified atom stereocenters. The van der Waals surface area contributed by atoms with Gasteiger partial charge < -0.3 is 4.74 Å².